The van der Waals surface area contributed by atoms with Crippen molar-refractivity contribution in [2.24, 2.45) is 0 Å². The molecule has 0 spiro atoms. The first kappa shape index (κ1) is 15.2. The zero-order valence-corrected chi connectivity index (χ0v) is 9.85. The molecule has 1 saturated heterocycles. The fourth-order valence-corrected chi connectivity index (χ4v) is 1.68. The number of ether oxygens (including phenoxy) is 1. The molecule has 1 heterocycles. The van der Waals surface area contributed by atoms with Crippen molar-refractivity contribution in [3.05, 3.63) is 0 Å². The standard InChI is InChI=1S/C10H17F3N2O3/c11-10(12,13)6-14-8(17)5-15-9(7-16)1-3-18-4-2-9/h15-16H,1-7H2,(H,14,17). The number of hydrogen-bond acceptors (Lipinski definition) is 4. The third kappa shape index (κ3) is 5.19. The van der Waals surface area contributed by atoms with Gasteiger partial charge < -0.3 is 20.5 Å². The lowest BCUT2D eigenvalue weighted by molar-refractivity contribution is -0.138. The zero-order valence-electron chi connectivity index (χ0n) is 9.85. The molecule has 8 heteroatoms. The average Bonchev–Trinajstić information content (AvgIpc) is 2.34. The summed E-state index contributed by atoms with van der Waals surface area (Å²) < 4.78 is 40.7. The second kappa shape index (κ2) is 6.35. The van der Waals surface area contributed by atoms with Gasteiger partial charge in [0.2, 0.25) is 5.91 Å². The normalized spacial score (nSPS) is 19.6. The first-order valence-corrected chi connectivity index (χ1v) is 5.64. The van der Waals surface area contributed by atoms with Gasteiger partial charge >= 0.3 is 6.18 Å². The van der Waals surface area contributed by atoms with Crippen LogP contribution in [0.1, 0.15) is 12.8 Å². The highest BCUT2D eigenvalue weighted by atomic mass is 19.4. The highest BCUT2D eigenvalue weighted by Gasteiger charge is 2.32. The zero-order chi connectivity index (χ0) is 13.6. The first-order valence-electron chi connectivity index (χ1n) is 5.64. The third-order valence-corrected chi connectivity index (χ3v) is 2.86. The van der Waals surface area contributed by atoms with Gasteiger partial charge in [-0.05, 0) is 12.8 Å². The molecule has 0 saturated carbocycles. The third-order valence-electron chi connectivity index (χ3n) is 2.86. The maximum absolute atomic E-state index is 11.9. The monoisotopic (exact) mass is 270 g/mol. The van der Waals surface area contributed by atoms with Gasteiger partial charge in [-0.2, -0.15) is 13.2 Å². The van der Waals surface area contributed by atoms with Crippen molar-refractivity contribution in [3.63, 3.8) is 0 Å². The molecule has 0 radical (unpaired) electrons. The van der Waals surface area contributed by atoms with Crippen LogP contribution in [-0.4, -0.2) is 55.6 Å². The molecule has 0 atom stereocenters. The average molecular weight is 270 g/mol. The van der Waals surface area contributed by atoms with Gasteiger partial charge in [0.1, 0.15) is 6.54 Å². The lowest BCUT2D eigenvalue weighted by Gasteiger charge is -2.36. The molecule has 1 aliphatic rings. The van der Waals surface area contributed by atoms with Gasteiger partial charge in [-0.15, -0.1) is 0 Å². The summed E-state index contributed by atoms with van der Waals surface area (Å²) in [5.41, 5.74) is -0.631. The Bertz CT molecular complexity index is 278. The number of halogens is 3. The van der Waals surface area contributed by atoms with Crippen LogP contribution in [0.5, 0.6) is 0 Å². The van der Waals surface area contributed by atoms with Crippen molar-refractivity contribution in [1.29, 1.82) is 0 Å². The van der Waals surface area contributed by atoms with Gasteiger partial charge in [0, 0.05) is 18.8 Å². The smallest absolute Gasteiger partial charge is 0.394 e. The van der Waals surface area contributed by atoms with Gasteiger partial charge in [0.05, 0.1) is 13.2 Å². The number of hydrogen-bond donors (Lipinski definition) is 3. The van der Waals surface area contributed by atoms with E-state index in [0.29, 0.717) is 26.1 Å². The first-order chi connectivity index (χ1) is 8.37. The predicted molar refractivity (Wildman–Crippen MR) is 56.9 cm³/mol. The fraction of sp³-hybridized carbons (Fsp3) is 0.900. The van der Waals surface area contributed by atoms with E-state index in [4.69, 9.17) is 4.74 Å². The molecule has 3 N–H and O–H groups in total. The minimum absolute atomic E-state index is 0.178. The molecule has 1 amide bonds. The molecule has 1 aliphatic heterocycles. The molecular weight excluding hydrogens is 253 g/mol. The van der Waals surface area contributed by atoms with Crippen molar-refractivity contribution in [3.8, 4) is 0 Å². The molecule has 1 fully saturated rings. The van der Waals surface area contributed by atoms with Crippen molar-refractivity contribution in [1.82, 2.24) is 10.6 Å². The van der Waals surface area contributed by atoms with Crippen molar-refractivity contribution in [2.45, 2.75) is 24.6 Å². The summed E-state index contributed by atoms with van der Waals surface area (Å²) in [7, 11) is 0. The Labute approximate surface area is 103 Å². The van der Waals surface area contributed by atoms with E-state index in [1.54, 1.807) is 5.32 Å². The van der Waals surface area contributed by atoms with Crippen molar-refractivity contribution < 1.29 is 27.8 Å². The van der Waals surface area contributed by atoms with E-state index < -0.39 is 24.2 Å². The van der Waals surface area contributed by atoms with Gasteiger partial charge in [-0.25, -0.2) is 0 Å². The summed E-state index contributed by atoms with van der Waals surface area (Å²) in [4.78, 5) is 11.2. The van der Waals surface area contributed by atoms with Crippen LogP contribution >= 0.6 is 0 Å². The van der Waals surface area contributed by atoms with Crippen LogP contribution in [-0.2, 0) is 9.53 Å². The molecule has 0 aromatic carbocycles. The maximum atomic E-state index is 11.9. The maximum Gasteiger partial charge on any atom is 0.405 e. The lowest BCUT2D eigenvalue weighted by atomic mass is 9.91. The predicted octanol–water partition coefficient (Wildman–Crippen LogP) is -0.204. The second-order valence-electron chi connectivity index (χ2n) is 4.30. The number of amides is 1. The van der Waals surface area contributed by atoms with Gasteiger partial charge in [-0.1, -0.05) is 0 Å². The molecule has 0 aromatic rings. The summed E-state index contributed by atoms with van der Waals surface area (Å²) in [5, 5.41) is 13.9. The molecule has 1 rings (SSSR count). The number of aliphatic hydroxyl groups is 1. The number of carbonyl (C=O) groups excluding carboxylic acids is 1. The Morgan fingerprint density at radius 3 is 2.44 bits per heavy atom. The SMILES string of the molecule is O=C(CNC1(CO)CCOCC1)NCC(F)(F)F. The van der Waals surface area contributed by atoms with E-state index in [1.165, 1.54) is 0 Å². The number of carbonyl (C=O) groups is 1. The topological polar surface area (TPSA) is 70.6 Å². The van der Waals surface area contributed by atoms with E-state index in [9.17, 15) is 23.1 Å². The molecule has 5 nitrogen and oxygen atoms in total. The number of nitrogens with one attached hydrogen (secondary N) is 2. The molecule has 0 bridgehead atoms. The summed E-state index contributed by atoms with van der Waals surface area (Å²) >= 11 is 0. The van der Waals surface area contributed by atoms with Gasteiger partial charge in [0.15, 0.2) is 0 Å². The minimum Gasteiger partial charge on any atom is -0.394 e. The molecule has 0 unspecified atom stereocenters. The molecule has 0 aliphatic carbocycles. The molecule has 106 valence electrons. The Balaban J connectivity index is 2.32. The van der Waals surface area contributed by atoms with Crippen LogP contribution in [0.2, 0.25) is 0 Å². The molecule has 18 heavy (non-hydrogen) atoms. The van der Waals surface area contributed by atoms with Crippen LogP contribution in [0.25, 0.3) is 0 Å². The van der Waals surface area contributed by atoms with E-state index in [1.807, 2.05) is 0 Å². The van der Waals surface area contributed by atoms with Gasteiger partial charge in [0.25, 0.3) is 0 Å². The Morgan fingerprint density at radius 2 is 1.94 bits per heavy atom. The Hall–Kier alpha value is -0.860. The van der Waals surface area contributed by atoms with Crippen molar-refractivity contribution >= 4 is 5.91 Å². The minimum atomic E-state index is -4.41. The van der Waals surface area contributed by atoms with E-state index in [2.05, 4.69) is 5.32 Å². The summed E-state index contributed by atoms with van der Waals surface area (Å²) in [6.07, 6.45) is -3.37. The quantitative estimate of drug-likeness (QED) is 0.647. The van der Waals surface area contributed by atoms with Gasteiger partial charge in [-0.3, -0.25) is 4.79 Å². The highest BCUT2D eigenvalue weighted by molar-refractivity contribution is 5.78. The van der Waals surface area contributed by atoms with Crippen LogP contribution in [0, 0.1) is 0 Å². The highest BCUT2D eigenvalue weighted by Crippen LogP contribution is 2.19. The number of rotatable bonds is 5. The van der Waals surface area contributed by atoms with Crippen molar-refractivity contribution in [2.75, 3.05) is 32.9 Å². The number of aliphatic hydroxyl groups excluding tert-OH is 1. The largest absolute Gasteiger partial charge is 0.405 e. The summed E-state index contributed by atoms with van der Waals surface area (Å²) in [6.45, 7) is -0.863. The summed E-state index contributed by atoms with van der Waals surface area (Å²) in [5.74, 6) is -0.744. The van der Waals surface area contributed by atoms with Crippen LogP contribution in [0.15, 0.2) is 0 Å². The van der Waals surface area contributed by atoms with E-state index in [-0.39, 0.29) is 13.2 Å². The number of alkyl halides is 3. The fourth-order valence-electron chi connectivity index (χ4n) is 1.68. The second-order valence-corrected chi connectivity index (χ2v) is 4.30. The van der Waals surface area contributed by atoms with Crippen LogP contribution < -0.4 is 10.6 Å². The lowest BCUT2D eigenvalue weighted by Crippen LogP contribution is -2.55. The molecule has 0 aromatic heterocycles. The Kier molecular flexibility index (Phi) is 5.36. The Morgan fingerprint density at radius 1 is 1.33 bits per heavy atom. The van der Waals surface area contributed by atoms with E-state index >= 15 is 0 Å². The van der Waals surface area contributed by atoms with Crippen LogP contribution in [0.4, 0.5) is 13.2 Å². The summed E-state index contributed by atoms with van der Waals surface area (Å²) in [6, 6.07) is 0. The molecular formula is C10H17F3N2O3. The van der Waals surface area contributed by atoms with Crippen LogP contribution in [0.3, 0.4) is 0 Å². The van der Waals surface area contributed by atoms with E-state index in [0.717, 1.165) is 0 Å².